The maximum atomic E-state index is 12.9. The molecule has 0 saturated carbocycles. The molecule has 3 aromatic rings. The lowest BCUT2D eigenvalue weighted by Gasteiger charge is -2.37. The second-order valence-corrected chi connectivity index (χ2v) is 7.09. The zero-order valence-electron chi connectivity index (χ0n) is 17.8. The molecule has 0 spiro atoms. The number of carbonyl (C=O) groups is 1. The van der Waals surface area contributed by atoms with Crippen LogP contribution in [-0.4, -0.2) is 54.4 Å². The minimum Gasteiger partial charge on any atom is -0.496 e. The van der Waals surface area contributed by atoms with E-state index in [9.17, 15) is 4.79 Å². The summed E-state index contributed by atoms with van der Waals surface area (Å²) in [6.45, 7) is 5.87. The summed E-state index contributed by atoms with van der Waals surface area (Å²) in [6, 6.07) is 12.8. The number of amides is 1. The van der Waals surface area contributed by atoms with E-state index in [1.807, 2.05) is 38.1 Å². The number of ether oxygens (including phenoxy) is 3. The van der Waals surface area contributed by atoms with Crippen LogP contribution in [0.15, 0.2) is 47.0 Å². The van der Waals surface area contributed by atoms with Gasteiger partial charge in [0.15, 0.2) is 11.5 Å². The molecule has 8 heteroatoms. The zero-order valence-corrected chi connectivity index (χ0v) is 17.8. The monoisotopic (exact) mass is 423 g/mol. The van der Waals surface area contributed by atoms with Crippen molar-refractivity contribution in [1.82, 2.24) is 15.0 Å². The summed E-state index contributed by atoms with van der Waals surface area (Å²) in [6.07, 6.45) is 0. The van der Waals surface area contributed by atoms with E-state index < -0.39 is 0 Å². The van der Waals surface area contributed by atoms with Gasteiger partial charge in [0.25, 0.3) is 5.91 Å². The second kappa shape index (κ2) is 9.07. The third kappa shape index (κ3) is 4.19. The average Bonchev–Trinajstić information content (AvgIpc) is 3.23. The summed E-state index contributed by atoms with van der Waals surface area (Å²) in [5.41, 5.74) is 1.33. The van der Waals surface area contributed by atoms with Gasteiger partial charge >= 0.3 is 0 Å². The van der Waals surface area contributed by atoms with Crippen molar-refractivity contribution < 1.29 is 23.5 Å². The van der Waals surface area contributed by atoms with Crippen LogP contribution in [0.25, 0.3) is 11.4 Å². The molecule has 0 aliphatic carbocycles. The van der Waals surface area contributed by atoms with E-state index in [1.165, 1.54) is 0 Å². The van der Waals surface area contributed by atoms with E-state index in [2.05, 4.69) is 10.1 Å². The van der Waals surface area contributed by atoms with Crippen LogP contribution in [-0.2, 0) is 0 Å². The Morgan fingerprint density at radius 1 is 1.06 bits per heavy atom. The van der Waals surface area contributed by atoms with Crippen molar-refractivity contribution in [2.45, 2.75) is 19.8 Å². The first-order valence-corrected chi connectivity index (χ1v) is 10.3. The van der Waals surface area contributed by atoms with Gasteiger partial charge in [0.05, 0.1) is 31.8 Å². The number of rotatable bonds is 8. The lowest BCUT2D eigenvalue weighted by molar-refractivity contribution is 0.0568. The van der Waals surface area contributed by atoms with Crippen molar-refractivity contribution >= 4 is 5.91 Å². The van der Waals surface area contributed by atoms with Gasteiger partial charge in [0, 0.05) is 18.7 Å². The van der Waals surface area contributed by atoms with E-state index in [-0.39, 0.29) is 11.8 Å². The molecule has 1 fully saturated rings. The van der Waals surface area contributed by atoms with Gasteiger partial charge in [-0.1, -0.05) is 17.3 Å². The fourth-order valence-electron chi connectivity index (χ4n) is 3.51. The highest BCUT2D eigenvalue weighted by Gasteiger charge is 2.36. The van der Waals surface area contributed by atoms with Gasteiger partial charge in [0.2, 0.25) is 11.7 Å². The summed E-state index contributed by atoms with van der Waals surface area (Å²) >= 11 is 0. The van der Waals surface area contributed by atoms with E-state index in [1.54, 1.807) is 30.2 Å². The SMILES string of the molecule is CCOc1ccc(C(=O)N2CC(c3nc(-c4ccccc4OC)no3)C2)cc1OCC. The van der Waals surface area contributed by atoms with E-state index in [4.69, 9.17) is 18.7 Å². The van der Waals surface area contributed by atoms with Crippen molar-refractivity contribution in [3.63, 3.8) is 0 Å². The number of hydrogen-bond acceptors (Lipinski definition) is 7. The molecule has 1 aliphatic heterocycles. The first kappa shape index (κ1) is 20.7. The summed E-state index contributed by atoms with van der Waals surface area (Å²) in [5.74, 6) is 2.83. The molecule has 1 aliphatic rings. The van der Waals surface area contributed by atoms with Gasteiger partial charge in [-0.05, 0) is 44.2 Å². The fraction of sp³-hybridized carbons (Fsp3) is 0.348. The highest BCUT2D eigenvalue weighted by molar-refractivity contribution is 5.95. The number of methoxy groups -OCH3 is 1. The molecular formula is C23H25N3O5. The maximum absolute atomic E-state index is 12.9. The molecule has 1 saturated heterocycles. The van der Waals surface area contributed by atoms with Crippen LogP contribution < -0.4 is 14.2 Å². The Kier molecular flexibility index (Phi) is 6.06. The normalized spacial score (nSPS) is 13.6. The summed E-state index contributed by atoms with van der Waals surface area (Å²) < 4.78 is 22.0. The Morgan fingerprint density at radius 3 is 2.55 bits per heavy atom. The number of para-hydroxylation sites is 1. The van der Waals surface area contributed by atoms with Crippen molar-refractivity contribution in [3.05, 3.63) is 53.9 Å². The van der Waals surface area contributed by atoms with E-state index in [0.29, 0.717) is 60.8 Å². The third-order valence-corrected chi connectivity index (χ3v) is 5.10. The average molecular weight is 423 g/mol. The number of aromatic nitrogens is 2. The fourth-order valence-corrected chi connectivity index (χ4v) is 3.51. The standard InChI is InChI=1S/C23H25N3O5/c1-4-29-19-11-10-15(12-20(19)30-5-2)23(27)26-13-16(14-26)22-24-21(25-31-22)17-8-6-7-9-18(17)28-3/h6-12,16H,4-5,13-14H2,1-3H3. The minimum atomic E-state index is -0.0651. The molecule has 0 unspecified atom stereocenters. The van der Waals surface area contributed by atoms with Crippen LogP contribution >= 0.6 is 0 Å². The molecule has 2 aromatic carbocycles. The summed E-state index contributed by atoms with van der Waals surface area (Å²) in [4.78, 5) is 19.2. The number of likely N-dealkylation sites (tertiary alicyclic amines) is 1. The molecular weight excluding hydrogens is 398 g/mol. The molecule has 0 radical (unpaired) electrons. The van der Waals surface area contributed by atoms with Crippen LogP contribution in [0.3, 0.4) is 0 Å². The molecule has 0 atom stereocenters. The molecule has 31 heavy (non-hydrogen) atoms. The van der Waals surface area contributed by atoms with Gasteiger partial charge < -0.3 is 23.6 Å². The van der Waals surface area contributed by atoms with Gasteiger partial charge in [-0.2, -0.15) is 4.98 Å². The zero-order chi connectivity index (χ0) is 21.8. The van der Waals surface area contributed by atoms with Gasteiger partial charge in [-0.15, -0.1) is 0 Å². The topological polar surface area (TPSA) is 86.9 Å². The van der Waals surface area contributed by atoms with Crippen LogP contribution in [0, 0.1) is 0 Å². The van der Waals surface area contributed by atoms with Crippen molar-refractivity contribution in [2.75, 3.05) is 33.4 Å². The highest BCUT2D eigenvalue weighted by atomic mass is 16.5. The highest BCUT2D eigenvalue weighted by Crippen LogP contribution is 2.33. The molecule has 0 N–H and O–H groups in total. The van der Waals surface area contributed by atoms with Crippen LogP contribution in [0.5, 0.6) is 17.2 Å². The second-order valence-electron chi connectivity index (χ2n) is 7.09. The lowest BCUT2D eigenvalue weighted by Crippen LogP contribution is -2.48. The predicted octanol–water partition coefficient (Wildman–Crippen LogP) is 3.78. The smallest absolute Gasteiger partial charge is 0.254 e. The van der Waals surface area contributed by atoms with Gasteiger partial charge in [0.1, 0.15) is 5.75 Å². The number of hydrogen-bond donors (Lipinski definition) is 0. The molecule has 4 rings (SSSR count). The largest absolute Gasteiger partial charge is 0.496 e. The summed E-state index contributed by atoms with van der Waals surface area (Å²) in [5, 5.41) is 4.09. The van der Waals surface area contributed by atoms with E-state index in [0.717, 1.165) is 5.56 Å². The number of carbonyl (C=O) groups excluding carboxylic acids is 1. The van der Waals surface area contributed by atoms with Gasteiger partial charge in [-0.25, -0.2) is 0 Å². The number of nitrogens with zero attached hydrogens (tertiary/aromatic N) is 3. The lowest BCUT2D eigenvalue weighted by atomic mass is 9.98. The molecule has 2 heterocycles. The Hall–Kier alpha value is -3.55. The van der Waals surface area contributed by atoms with Crippen molar-refractivity contribution in [3.8, 4) is 28.6 Å². The van der Waals surface area contributed by atoms with E-state index >= 15 is 0 Å². The Bertz CT molecular complexity index is 1060. The first-order valence-electron chi connectivity index (χ1n) is 10.3. The molecule has 1 amide bonds. The maximum Gasteiger partial charge on any atom is 0.254 e. The van der Waals surface area contributed by atoms with Crippen LogP contribution in [0.4, 0.5) is 0 Å². The van der Waals surface area contributed by atoms with Gasteiger partial charge in [-0.3, -0.25) is 4.79 Å². The molecule has 8 nitrogen and oxygen atoms in total. The van der Waals surface area contributed by atoms with Crippen molar-refractivity contribution in [1.29, 1.82) is 0 Å². The molecule has 162 valence electrons. The Morgan fingerprint density at radius 2 is 1.81 bits per heavy atom. The molecule has 0 bridgehead atoms. The van der Waals surface area contributed by atoms with Crippen LogP contribution in [0.1, 0.15) is 36.0 Å². The number of benzene rings is 2. The van der Waals surface area contributed by atoms with Crippen molar-refractivity contribution in [2.24, 2.45) is 0 Å². The molecule has 1 aromatic heterocycles. The van der Waals surface area contributed by atoms with Crippen LogP contribution in [0.2, 0.25) is 0 Å². The quantitative estimate of drug-likeness (QED) is 0.545. The predicted molar refractivity (Wildman–Crippen MR) is 114 cm³/mol. The Labute approximate surface area is 180 Å². The Balaban J connectivity index is 1.43. The first-order chi connectivity index (χ1) is 15.1. The third-order valence-electron chi connectivity index (χ3n) is 5.10. The minimum absolute atomic E-state index is 0.00830. The summed E-state index contributed by atoms with van der Waals surface area (Å²) in [7, 11) is 1.60.